The van der Waals surface area contributed by atoms with E-state index >= 15 is 0 Å². The van der Waals surface area contributed by atoms with Gasteiger partial charge in [0.25, 0.3) is 0 Å². The first-order valence-corrected chi connectivity index (χ1v) is 9.07. The quantitative estimate of drug-likeness (QED) is 0.793. The van der Waals surface area contributed by atoms with Crippen molar-refractivity contribution >= 4 is 29.3 Å². The van der Waals surface area contributed by atoms with Gasteiger partial charge in [0.2, 0.25) is 5.91 Å². The SMILES string of the molecule is Cc1nn(C)c2ncc(CN3CCCCC3CNC(=O)CCN)cc12.Cl. The van der Waals surface area contributed by atoms with Crippen molar-refractivity contribution in [3.8, 4) is 0 Å². The Morgan fingerprint density at radius 3 is 3.00 bits per heavy atom. The predicted molar refractivity (Wildman–Crippen MR) is 105 cm³/mol. The molecule has 0 aliphatic carbocycles. The molecule has 3 rings (SSSR count). The highest BCUT2D eigenvalue weighted by Gasteiger charge is 2.23. The zero-order chi connectivity index (χ0) is 17.8. The number of hydrogen-bond acceptors (Lipinski definition) is 5. The van der Waals surface area contributed by atoms with Gasteiger partial charge in [-0.2, -0.15) is 5.10 Å². The second-order valence-electron chi connectivity index (χ2n) is 6.89. The Morgan fingerprint density at radius 1 is 1.42 bits per heavy atom. The number of aryl methyl sites for hydroxylation is 2. The van der Waals surface area contributed by atoms with Crippen molar-refractivity contribution in [2.45, 2.75) is 45.2 Å². The molecule has 3 heterocycles. The minimum atomic E-state index is 0. The van der Waals surface area contributed by atoms with Crippen molar-refractivity contribution < 1.29 is 4.79 Å². The van der Waals surface area contributed by atoms with E-state index < -0.39 is 0 Å². The highest BCUT2D eigenvalue weighted by Crippen LogP contribution is 2.22. The van der Waals surface area contributed by atoms with Crippen LogP contribution in [0, 0.1) is 6.92 Å². The number of nitrogens with one attached hydrogen (secondary N) is 1. The highest BCUT2D eigenvalue weighted by atomic mass is 35.5. The van der Waals surface area contributed by atoms with Crippen molar-refractivity contribution in [3.63, 3.8) is 0 Å². The molecule has 1 unspecified atom stereocenters. The van der Waals surface area contributed by atoms with Crippen LogP contribution in [0.1, 0.15) is 36.9 Å². The number of halogens is 1. The minimum absolute atomic E-state index is 0. The number of fused-ring (bicyclic) bond motifs is 1. The lowest BCUT2D eigenvalue weighted by Gasteiger charge is -2.35. The largest absolute Gasteiger partial charge is 0.354 e. The number of piperidine rings is 1. The molecule has 3 N–H and O–H groups in total. The fourth-order valence-electron chi connectivity index (χ4n) is 3.62. The molecule has 0 saturated carbocycles. The van der Waals surface area contributed by atoms with E-state index in [2.05, 4.69) is 26.4 Å². The Hall–Kier alpha value is -1.70. The van der Waals surface area contributed by atoms with Crippen LogP contribution < -0.4 is 11.1 Å². The Balaban J connectivity index is 0.00000243. The van der Waals surface area contributed by atoms with E-state index in [-0.39, 0.29) is 18.3 Å². The molecule has 2 aromatic heterocycles. The van der Waals surface area contributed by atoms with Gasteiger partial charge >= 0.3 is 0 Å². The first-order valence-electron chi connectivity index (χ1n) is 9.07. The molecule has 1 fully saturated rings. The van der Waals surface area contributed by atoms with E-state index in [4.69, 9.17) is 5.73 Å². The lowest BCUT2D eigenvalue weighted by molar-refractivity contribution is -0.121. The molecule has 144 valence electrons. The van der Waals surface area contributed by atoms with Gasteiger partial charge in [-0.1, -0.05) is 6.42 Å². The van der Waals surface area contributed by atoms with Gasteiger partial charge in [0.15, 0.2) is 5.65 Å². The summed E-state index contributed by atoms with van der Waals surface area (Å²) in [5, 5.41) is 8.58. The van der Waals surface area contributed by atoms with E-state index in [0.717, 1.165) is 36.2 Å². The minimum Gasteiger partial charge on any atom is -0.354 e. The first-order chi connectivity index (χ1) is 12.1. The molecule has 8 heteroatoms. The monoisotopic (exact) mass is 380 g/mol. The molecular formula is C18H29ClN6O. The third-order valence-corrected chi connectivity index (χ3v) is 4.96. The number of rotatable bonds is 6. The maximum atomic E-state index is 11.7. The summed E-state index contributed by atoms with van der Waals surface area (Å²) in [5.41, 5.74) is 8.57. The molecule has 1 atom stereocenters. The standard InChI is InChI=1S/C18H28N6O.ClH/c1-13-16-9-14(10-21-18(16)23(2)22-13)12-24-8-4-3-5-15(24)11-20-17(25)6-7-19;/h9-10,15H,3-8,11-12,19H2,1-2H3,(H,20,25);1H. The molecular weight excluding hydrogens is 352 g/mol. The molecule has 26 heavy (non-hydrogen) atoms. The third kappa shape index (κ3) is 4.72. The molecule has 0 spiro atoms. The lowest BCUT2D eigenvalue weighted by Crippen LogP contribution is -2.46. The second kappa shape index (κ2) is 9.30. The topological polar surface area (TPSA) is 89.1 Å². The van der Waals surface area contributed by atoms with Crippen LogP contribution in [0.2, 0.25) is 0 Å². The normalized spacial score (nSPS) is 17.9. The van der Waals surface area contributed by atoms with Crippen molar-refractivity contribution in [1.29, 1.82) is 0 Å². The highest BCUT2D eigenvalue weighted by molar-refractivity contribution is 5.85. The maximum Gasteiger partial charge on any atom is 0.221 e. The molecule has 7 nitrogen and oxygen atoms in total. The summed E-state index contributed by atoms with van der Waals surface area (Å²) < 4.78 is 1.82. The van der Waals surface area contributed by atoms with E-state index in [1.54, 1.807) is 0 Å². The fourth-order valence-corrected chi connectivity index (χ4v) is 3.62. The summed E-state index contributed by atoms with van der Waals surface area (Å²) in [6.45, 7) is 5.03. The predicted octanol–water partition coefficient (Wildman–Crippen LogP) is 1.52. The van der Waals surface area contributed by atoms with Crippen molar-refractivity contribution in [1.82, 2.24) is 25.0 Å². The van der Waals surface area contributed by atoms with Crippen molar-refractivity contribution in [2.24, 2.45) is 12.8 Å². The summed E-state index contributed by atoms with van der Waals surface area (Å²) >= 11 is 0. The van der Waals surface area contributed by atoms with E-state index in [0.29, 0.717) is 25.6 Å². The summed E-state index contributed by atoms with van der Waals surface area (Å²) in [6.07, 6.45) is 5.88. The number of pyridine rings is 1. The van der Waals surface area contributed by atoms with E-state index in [1.807, 2.05) is 24.9 Å². The Bertz CT molecular complexity index is 747. The average Bonchev–Trinajstić information content (AvgIpc) is 2.88. The van der Waals surface area contributed by atoms with Crippen LogP contribution in [0.15, 0.2) is 12.3 Å². The van der Waals surface area contributed by atoms with Crippen molar-refractivity contribution in [3.05, 3.63) is 23.5 Å². The number of carbonyl (C=O) groups excluding carboxylic acids is 1. The van der Waals surface area contributed by atoms with Crippen molar-refractivity contribution in [2.75, 3.05) is 19.6 Å². The van der Waals surface area contributed by atoms with E-state index in [9.17, 15) is 4.79 Å². The van der Waals surface area contributed by atoms with Crippen LogP contribution in [0.3, 0.4) is 0 Å². The maximum absolute atomic E-state index is 11.7. The Labute approximate surface area is 160 Å². The zero-order valence-electron chi connectivity index (χ0n) is 15.6. The number of aromatic nitrogens is 3. The molecule has 0 bridgehead atoms. The number of hydrogen-bond donors (Lipinski definition) is 2. The Morgan fingerprint density at radius 2 is 2.23 bits per heavy atom. The third-order valence-electron chi connectivity index (χ3n) is 4.96. The van der Waals surface area contributed by atoms with Gasteiger partial charge in [0.1, 0.15) is 0 Å². The molecule has 0 aromatic carbocycles. The van der Waals surface area contributed by atoms with Gasteiger partial charge in [0.05, 0.1) is 5.69 Å². The van der Waals surface area contributed by atoms with Crippen LogP contribution in [-0.2, 0) is 18.4 Å². The molecule has 1 aliphatic heterocycles. The summed E-state index contributed by atoms with van der Waals surface area (Å²) in [5.74, 6) is 0.0436. The summed E-state index contributed by atoms with van der Waals surface area (Å²) in [4.78, 5) is 18.7. The van der Waals surface area contributed by atoms with Gasteiger partial charge in [-0.25, -0.2) is 4.98 Å². The van der Waals surface area contributed by atoms with Crippen LogP contribution in [0.25, 0.3) is 11.0 Å². The fraction of sp³-hybridized carbons (Fsp3) is 0.611. The number of nitrogens with zero attached hydrogens (tertiary/aromatic N) is 4. The molecule has 1 aliphatic rings. The van der Waals surface area contributed by atoms with Crippen LogP contribution in [-0.4, -0.2) is 51.2 Å². The first kappa shape index (κ1) is 20.6. The zero-order valence-corrected chi connectivity index (χ0v) is 16.4. The van der Waals surface area contributed by atoms with Gasteiger partial charge in [-0.15, -0.1) is 12.4 Å². The van der Waals surface area contributed by atoms with Crippen LogP contribution >= 0.6 is 12.4 Å². The van der Waals surface area contributed by atoms with Crippen LogP contribution in [0.4, 0.5) is 0 Å². The Kier molecular flexibility index (Phi) is 7.37. The van der Waals surface area contributed by atoms with Gasteiger partial charge < -0.3 is 11.1 Å². The van der Waals surface area contributed by atoms with Gasteiger partial charge in [0, 0.05) is 50.7 Å². The van der Waals surface area contributed by atoms with Gasteiger partial charge in [-0.05, 0) is 37.9 Å². The average molecular weight is 381 g/mol. The number of nitrogens with two attached hydrogens (primary N) is 1. The van der Waals surface area contributed by atoms with E-state index in [1.165, 1.54) is 18.4 Å². The molecule has 2 aromatic rings. The number of amides is 1. The molecule has 1 amide bonds. The number of carbonyl (C=O) groups is 1. The van der Waals surface area contributed by atoms with Gasteiger partial charge in [-0.3, -0.25) is 14.4 Å². The molecule has 0 radical (unpaired) electrons. The summed E-state index contributed by atoms with van der Waals surface area (Å²) in [7, 11) is 1.92. The number of likely N-dealkylation sites (tertiary alicyclic amines) is 1. The lowest BCUT2D eigenvalue weighted by atomic mass is 10.0. The second-order valence-corrected chi connectivity index (χ2v) is 6.89. The summed E-state index contributed by atoms with van der Waals surface area (Å²) in [6, 6.07) is 2.57. The molecule has 1 saturated heterocycles. The van der Waals surface area contributed by atoms with Crippen LogP contribution in [0.5, 0.6) is 0 Å². The smallest absolute Gasteiger partial charge is 0.221 e.